The number of sulfonamides is 1. The van der Waals surface area contributed by atoms with Gasteiger partial charge in [-0.3, -0.25) is 4.72 Å². The van der Waals surface area contributed by atoms with Crippen molar-refractivity contribution < 1.29 is 8.42 Å². The first kappa shape index (κ1) is 12.3. The highest BCUT2D eigenvalue weighted by Crippen LogP contribution is 2.26. The van der Waals surface area contributed by atoms with E-state index in [1.54, 1.807) is 12.1 Å². The van der Waals surface area contributed by atoms with Crippen LogP contribution in [-0.4, -0.2) is 13.4 Å². The molecule has 0 saturated heterocycles. The fourth-order valence-corrected chi connectivity index (χ4v) is 3.68. The first-order valence-corrected chi connectivity index (χ1v) is 7.57. The molecular weight excluding hydrogens is 326 g/mol. The van der Waals surface area contributed by atoms with Crippen LogP contribution in [0.4, 0.5) is 10.8 Å². The van der Waals surface area contributed by atoms with E-state index in [1.807, 2.05) is 0 Å². The lowest BCUT2D eigenvalue weighted by atomic mass is 10.3. The third kappa shape index (κ3) is 2.76. The van der Waals surface area contributed by atoms with Gasteiger partial charge in [-0.15, -0.1) is 0 Å². The molecule has 0 bridgehead atoms. The molecular formula is C9H8BrN3O2S2. The number of hydrogen-bond donors (Lipinski definition) is 2. The van der Waals surface area contributed by atoms with Gasteiger partial charge in [0.15, 0.2) is 5.13 Å². The van der Waals surface area contributed by atoms with Gasteiger partial charge in [0.05, 0.1) is 15.7 Å². The highest BCUT2D eigenvalue weighted by Gasteiger charge is 2.18. The number of halogens is 1. The number of rotatable bonds is 3. The summed E-state index contributed by atoms with van der Waals surface area (Å²) in [7, 11) is -3.68. The van der Waals surface area contributed by atoms with E-state index in [2.05, 4.69) is 25.6 Å². The molecule has 1 aromatic heterocycles. The van der Waals surface area contributed by atoms with Gasteiger partial charge >= 0.3 is 0 Å². The second-order valence-electron chi connectivity index (χ2n) is 3.11. The van der Waals surface area contributed by atoms with Gasteiger partial charge in [-0.05, 0) is 28.1 Å². The average molecular weight is 334 g/mol. The summed E-state index contributed by atoms with van der Waals surface area (Å²) >= 11 is 4.40. The van der Waals surface area contributed by atoms with Crippen LogP contribution in [-0.2, 0) is 10.0 Å². The standard InChI is InChI=1S/C9H8BrN3O2S2/c10-8-5-12-9(16-8)13-17(14,15)7-4-2-1-3-6(7)11/h1-5H,11H2,(H,12,13). The normalized spacial score (nSPS) is 11.4. The van der Waals surface area contributed by atoms with Gasteiger partial charge < -0.3 is 5.73 Å². The van der Waals surface area contributed by atoms with Crippen molar-refractivity contribution in [2.45, 2.75) is 4.90 Å². The first-order chi connectivity index (χ1) is 7.99. The predicted molar refractivity (Wildman–Crippen MR) is 71.5 cm³/mol. The Morgan fingerprint density at radius 2 is 2.06 bits per heavy atom. The molecule has 0 radical (unpaired) electrons. The van der Waals surface area contributed by atoms with Crippen LogP contribution in [0.15, 0.2) is 39.1 Å². The minimum absolute atomic E-state index is 0.0475. The molecule has 0 unspecified atom stereocenters. The van der Waals surface area contributed by atoms with Gasteiger partial charge in [-0.1, -0.05) is 23.5 Å². The Bertz CT molecular complexity index is 639. The van der Waals surface area contributed by atoms with E-state index < -0.39 is 10.0 Å². The van der Waals surface area contributed by atoms with Gasteiger partial charge in [-0.2, -0.15) is 0 Å². The molecule has 1 aromatic carbocycles. The fourth-order valence-electron chi connectivity index (χ4n) is 1.20. The lowest BCUT2D eigenvalue weighted by Gasteiger charge is -2.07. The first-order valence-electron chi connectivity index (χ1n) is 4.48. The third-order valence-corrected chi connectivity index (χ3v) is 4.84. The Morgan fingerprint density at radius 3 is 2.65 bits per heavy atom. The number of para-hydroxylation sites is 1. The van der Waals surface area contributed by atoms with Crippen molar-refractivity contribution >= 4 is 48.1 Å². The largest absolute Gasteiger partial charge is 0.398 e. The number of benzene rings is 1. The number of aromatic nitrogens is 1. The van der Waals surface area contributed by atoms with E-state index >= 15 is 0 Å². The molecule has 0 spiro atoms. The van der Waals surface area contributed by atoms with Crippen molar-refractivity contribution in [3.8, 4) is 0 Å². The third-order valence-electron chi connectivity index (χ3n) is 1.91. The summed E-state index contributed by atoms with van der Waals surface area (Å²) in [5.41, 5.74) is 5.82. The molecule has 0 amide bonds. The van der Waals surface area contributed by atoms with Crippen LogP contribution in [0.2, 0.25) is 0 Å². The maximum atomic E-state index is 12.0. The number of nitrogens with two attached hydrogens (primary N) is 1. The molecule has 8 heteroatoms. The van der Waals surface area contributed by atoms with Crippen LogP contribution in [0.25, 0.3) is 0 Å². The summed E-state index contributed by atoms with van der Waals surface area (Å²) in [5, 5.41) is 0.292. The second-order valence-corrected chi connectivity index (χ2v) is 7.17. The van der Waals surface area contributed by atoms with Crippen molar-refractivity contribution in [1.29, 1.82) is 0 Å². The van der Waals surface area contributed by atoms with Crippen LogP contribution in [0.5, 0.6) is 0 Å². The summed E-state index contributed by atoms with van der Waals surface area (Å²) in [6, 6.07) is 6.27. The summed E-state index contributed by atoms with van der Waals surface area (Å²) in [6.07, 6.45) is 1.52. The van der Waals surface area contributed by atoms with E-state index in [-0.39, 0.29) is 10.6 Å². The number of nitrogen functional groups attached to an aromatic ring is 1. The van der Waals surface area contributed by atoms with Gasteiger partial charge in [0.1, 0.15) is 4.90 Å². The molecule has 17 heavy (non-hydrogen) atoms. The van der Waals surface area contributed by atoms with Crippen molar-refractivity contribution in [2.75, 3.05) is 10.5 Å². The van der Waals surface area contributed by atoms with Gasteiger partial charge in [0, 0.05) is 0 Å². The maximum absolute atomic E-state index is 12.0. The molecule has 0 saturated carbocycles. The zero-order chi connectivity index (χ0) is 12.5. The Kier molecular flexibility index (Phi) is 3.36. The molecule has 0 aliphatic carbocycles. The highest BCUT2D eigenvalue weighted by atomic mass is 79.9. The van der Waals surface area contributed by atoms with Crippen LogP contribution < -0.4 is 10.5 Å². The van der Waals surface area contributed by atoms with Crippen LogP contribution in [0.3, 0.4) is 0 Å². The smallest absolute Gasteiger partial charge is 0.265 e. The van der Waals surface area contributed by atoms with Gasteiger partial charge in [0.25, 0.3) is 10.0 Å². The number of hydrogen-bond acceptors (Lipinski definition) is 5. The number of nitrogens with one attached hydrogen (secondary N) is 1. The number of nitrogens with zero attached hydrogens (tertiary/aromatic N) is 1. The zero-order valence-electron chi connectivity index (χ0n) is 8.42. The molecule has 5 nitrogen and oxygen atoms in total. The van der Waals surface area contributed by atoms with Crippen molar-refractivity contribution in [1.82, 2.24) is 4.98 Å². The Morgan fingerprint density at radius 1 is 1.35 bits per heavy atom. The summed E-state index contributed by atoms with van der Waals surface area (Å²) in [5.74, 6) is 0. The molecule has 0 atom stereocenters. The van der Waals surface area contributed by atoms with Crippen LogP contribution >= 0.6 is 27.3 Å². The van der Waals surface area contributed by atoms with Crippen molar-refractivity contribution in [3.63, 3.8) is 0 Å². The van der Waals surface area contributed by atoms with Crippen LogP contribution in [0, 0.1) is 0 Å². The van der Waals surface area contributed by atoms with E-state index in [0.29, 0.717) is 5.13 Å². The summed E-state index contributed by atoms with van der Waals surface area (Å²) in [6.45, 7) is 0. The SMILES string of the molecule is Nc1ccccc1S(=O)(=O)Nc1ncc(Br)s1. The quantitative estimate of drug-likeness (QED) is 0.844. The van der Waals surface area contributed by atoms with Crippen LogP contribution in [0.1, 0.15) is 0 Å². The Labute approximate surface area is 111 Å². The molecule has 0 fully saturated rings. The zero-order valence-corrected chi connectivity index (χ0v) is 11.6. The number of anilines is 2. The molecule has 2 aromatic rings. The van der Waals surface area contributed by atoms with E-state index in [1.165, 1.54) is 29.7 Å². The predicted octanol–water partition coefficient (Wildman–Crippen LogP) is 2.29. The van der Waals surface area contributed by atoms with Gasteiger partial charge in [0.2, 0.25) is 0 Å². The molecule has 3 N–H and O–H groups in total. The molecule has 0 aliphatic rings. The molecule has 2 rings (SSSR count). The summed E-state index contributed by atoms with van der Waals surface area (Å²) in [4.78, 5) is 3.94. The fraction of sp³-hybridized carbons (Fsp3) is 0. The Hall–Kier alpha value is -1.12. The lowest BCUT2D eigenvalue weighted by molar-refractivity contribution is 0.601. The summed E-state index contributed by atoms with van der Waals surface area (Å²) < 4.78 is 27.1. The second kappa shape index (κ2) is 4.63. The maximum Gasteiger partial charge on any atom is 0.265 e. The average Bonchev–Trinajstić information content (AvgIpc) is 2.63. The number of thiazole rings is 1. The topological polar surface area (TPSA) is 85.1 Å². The lowest BCUT2D eigenvalue weighted by Crippen LogP contribution is -2.14. The van der Waals surface area contributed by atoms with Crippen molar-refractivity contribution in [2.24, 2.45) is 0 Å². The van der Waals surface area contributed by atoms with E-state index in [0.717, 1.165) is 3.79 Å². The van der Waals surface area contributed by atoms with Crippen molar-refractivity contribution in [3.05, 3.63) is 34.2 Å². The van der Waals surface area contributed by atoms with Gasteiger partial charge in [-0.25, -0.2) is 13.4 Å². The minimum Gasteiger partial charge on any atom is -0.398 e. The van der Waals surface area contributed by atoms with E-state index in [9.17, 15) is 8.42 Å². The Balaban J connectivity index is 2.35. The highest BCUT2D eigenvalue weighted by molar-refractivity contribution is 9.11. The molecule has 1 heterocycles. The monoisotopic (exact) mass is 333 g/mol. The minimum atomic E-state index is -3.68. The molecule has 0 aliphatic heterocycles. The van der Waals surface area contributed by atoms with E-state index in [4.69, 9.17) is 5.73 Å². The molecule has 90 valence electrons.